The Kier molecular flexibility index (Phi) is 3.66. The number of nitrogens with zero attached hydrogens (tertiary/aromatic N) is 1. The number of benzene rings is 2. The first-order chi connectivity index (χ1) is 9.66. The van der Waals surface area contributed by atoms with Crippen LogP contribution in [0.3, 0.4) is 0 Å². The van der Waals surface area contributed by atoms with Crippen molar-refractivity contribution in [2.75, 3.05) is 13.1 Å². The first-order valence-electron chi connectivity index (χ1n) is 7.61. The molecule has 1 saturated heterocycles. The second-order valence-electron chi connectivity index (χ2n) is 6.14. The minimum absolute atomic E-state index is 0.280. The monoisotopic (exact) mass is 269 g/mol. The van der Waals surface area contributed by atoms with E-state index in [0.717, 1.165) is 35.3 Å². The highest BCUT2D eigenvalue weighted by Crippen LogP contribution is 2.36. The fraction of sp³-hybridized carbons (Fsp3) is 0.444. The number of hydrogen-bond acceptors (Lipinski definition) is 2. The fourth-order valence-corrected chi connectivity index (χ4v) is 3.38. The predicted octanol–water partition coefficient (Wildman–Crippen LogP) is 4.34. The molecule has 20 heavy (non-hydrogen) atoms. The molecular formula is C18H23NO. The molecule has 1 N–H and O–H groups in total. The summed E-state index contributed by atoms with van der Waals surface area (Å²) in [5.74, 6) is 1.21. The topological polar surface area (TPSA) is 23.5 Å². The van der Waals surface area contributed by atoms with Gasteiger partial charge in [0, 0.05) is 23.5 Å². The van der Waals surface area contributed by atoms with Crippen molar-refractivity contribution in [3.63, 3.8) is 0 Å². The lowest BCUT2D eigenvalue weighted by atomic mass is 9.95. The Bertz CT molecular complexity index is 607. The van der Waals surface area contributed by atoms with Gasteiger partial charge >= 0.3 is 0 Å². The van der Waals surface area contributed by atoms with Crippen LogP contribution in [0.5, 0.6) is 5.75 Å². The maximum atomic E-state index is 10.6. The minimum Gasteiger partial charge on any atom is -0.507 e. The van der Waals surface area contributed by atoms with Crippen LogP contribution < -0.4 is 0 Å². The normalized spacial score (nSPS) is 22.0. The van der Waals surface area contributed by atoms with Crippen LogP contribution in [-0.2, 0) is 0 Å². The number of fused-ring (bicyclic) bond motifs is 1. The van der Waals surface area contributed by atoms with E-state index in [1.807, 2.05) is 24.3 Å². The summed E-state index contributed by atoms with van der Waals surface area (Å²) in [5, 5.41) is 12.7. The van der Waals surface area contributed by atoms with Gasteiger partial charge in [-0.25, -0.2) is 0 Å². The number of aromatic hydroxyl groups is 1. The Balaban J connectivity index is 1.95. The summed E-state index contributed by atoms with van der Waals surface area (Å²) < 4.78 is 0. The second-order valence-corrected chi connectivity index (χ2v) is 6.14. The number of likely N-dealkylation sites (tertiary alicyclic amines) is 1. The largest absolute Gasteiger partial charge is 0.507 e. The van der Waals surface area contributed by atoms with Crippen LogP contribution in [0.25, 0.3) is 10.8 Å². The van der Waals surface area contributed by atoms with Crippen molar-refractivity contribution in [1.82, 2.24) is 4.90 Å². The number of piperidine rings is 1. The average Bonchev–Trinajstić information content (AvgIpc) is 2.47. The van der Waals surface area contributed by atoms with Crippen molar-refractivity contribution in [3.05, 3.63) is 42.0 Å². The van der Waals surface area contributed by atoms with Crippen LogP contribution in [0.1, 0.15) is 38.3 Å². The number of hydrogen-bond donors (Lipinski definition) is 1. The summed E-state index contributed by atoms with van der Waals surface area (Å²) in [6.45, 7) is 6.80. The molecule has 1 fully saturated rings. The molecule has 2 atom stereocenters. The van der Waals surface area contributed by atoms with E-state index in [1.54, 1.807) is 0 Å². The summed E-state index contributed by atoms with van der Waals surface area (Å²) in [6, 6.07) is 12.5. The third-order valence-corrected chi connectivity index (χ3v) is 4.62. The molecule has 0 bridgehead atoms. The smallest absolute Gasteiger partial charge is 0.128 e. The Morgan fingerprint density at radius 2 is 2.00 bits per heavy atom. The highest BCUT2D eigenvalue weighted by Gasteiger charge is 2.24. The van der Waals surface area contributed by atoms with Gasteiger partial charge in [0.05, 0.1) is 0 Å². The summed E-state index contributed by atoms with van der Waals surface area (Å²) >= 11 is 0. The molecule has 0 aliphatic carbocycles. The lowest BCUT2D eigenvalue weighted by molar-refractivity contribution is 0.137. The van der Waals surface area contributed by atoms with E-state index in [4.69, 9.17) is 0 Å². The zero-order valence-electron chi connectivity index (χ0n) is 12.3. The van der Waals surface area contributed by atoms with Gasteiger partial charge in [-0.2, -0.15) is 0 Å². The fourth-order valence-electron chi connectivity index (χ4n) is 3.38. The first kappa shape index (κ1) is 13.4. The molecule has 1 aliphatic heterocycles. The van der Waals surface area contributed by atoms with Crippen LogP contribution >= 0.6 is 0 Å². The van der Waals surface area contributed by atoms with E-state index in [9.17, 15) is 5.11 Å². The van der Waals surface area contributed by atoms with Gasteiger partial charge in [-0.1, -0.05) is 43.3 Å². The van der Waals surface area contributed by atoms with Crippen LogP contribution in [0.4, 0.5) is 0 Å². The molecule has 106 valence electrons. The summed E-state index contributed by atoms with van der Waals surface area (Å²) in [5.41, 5.74) is 1.05. The molecule has 0 saturated carbocycles. The first-order valence-corrected chi connectivity index (χ1v) is 7.61. The van der Waals surface area contributed by atoms with Gasteiger partial charge in [0.2, 0.25) is 0 Å². The maximum Gasteiger partial charge on any atom is 0.128 e. The molecule has 1 aliphatic rings. The van der Waals surface area contributed by atoms with Crippen molar-refractivity contribution in [2.24, 2.45) is 5.92 Å². The highest BCUT2D eigenvalue weighted by atomic mass is 16.3. The van der Waals surface area contributed by atoms with Gasteiger partial charge in [-0.05, 0) is 37.6 Å². The van der Waals surface area contributed by atoms with Crippen LogP contribution in [-0.4, -0.2) is 23.1 Å². The van der Waals surface area contributed by atoms with Crippen molar-refractivity contribution in [2.45, 2.75) is 32.7 Å². The van der Waals surface area contributed by atoms with Crippen molar-refractivity contribution >= 4 is 10.8 Å². The molecule has 0 amide bonds. The molecule has 0 radical (unpaired) electrons. The highest BCUT2D eigenvalue weighted by molar-refractivity contribution is 5.89. The van der Waals surface area contributed by atoms with Crippen LogP contribution in [0, 0.1) is 5.92 Å². The zero-order valence-corrected chi connectivity index (χ0v) is 12.3. The zero-order chi connectivity index (χ0) is 14.1. The van der Waals surface area contributed by atoms with Gasteiger partial charge in [0.1, 0.15) is 5.75 Å². The lowest BCUT2D eigenvalue weighted by Gasteiger charge is -2.36. The Morgan fingerprint density at radius 1 is 1.20 bits per heavy atom. The Labute approximate surface area is 121 Å². The van der Waals surface area contributed by atoms with Crippen LogP contribution in [0.2, 0.25) is 0 Å². The Hall–Kier alpha value is -1.54. The van der Waals surface area contributed by atoms with Gasteiger partial charge in [-0.3, -0.25) is 4.90 Å². The molecule has 2 aromatic carbocycles. The third-order valence-electron chi connectivity index (χ3n) is 4.62. The SMILES string of the molecule is CC1CCCN(C(C)c2ccc3ccccc3c2O)C1. The molecule has 1 heterocycles. The summed E-state index contributed by atoms with van der Waals surface area (Å²) in [4.78, 5) is 2.50. The molecule has 2 aromatic rings. The molecular weight excluding hydrogens is 246 g/mol. The quantitative estimate of drug-likeness (QED) is 0.876. The van der Waals surface area contributed by atoms with Gasteiger partial charge < -0.3 is 5.11 Å². The number of rotatable bonds is 2. The van der Waals surface area contributed by atoms with Crippen LogP contribution in [0.15, 0.2) is 36.4 Å². The van der Waals surface area contributed by atoms with E-state index >= 15 is 0 Å². The number of phenolic OH excluding ortho intramolecular Hbond substituents is 1. The van der Waals surface area contributed by atoms with E-state index in [-0.39, 0.29) is 6.04 Å². The third kappa shape index (κ3) is 2.40. The molecule has 0 spiro atoms. The molecule has 2 heteroatoms. The summed E-state index contributed by atoms with van der Waals surface area (Å²) in [7, 11) is 0. The lowest BCUT2D eigenvalue weighted by Crippen LogP contribution is -2.36. The summed E-state index contributed by atoms with van der Waals surface area (Å²) in [6.07, 6.45) is 2.59. The molecule has 3 rings (SSSR count). The van der Waals surface area contributed by atoms with Gasteiger partial charge in [0.25, 0.3) is 0 Å². The van der Waals surface area contributed by atoms with Gasteiger partial charge in [0.15, 0.2) is 0 Å². The standard InChI is InChI=1S/C18H23NO/c1-13-6-5-11-19(12-13)14(2)16-10-9-15-7-3-4-8-17(15)18(16)20/h3-4,7-10,13-14,20H,5-6,11-12H2,1-2H3. The molecule has 2 nitrogen and oxygen atoms in total. The van der Waals surface area contributed by atoms with E-state index < -0.39 is 0 Å². The molecule has 0 aromatic heterocycles. The molecule has 2 unspecified atom stereocenters. The minimum atomic E-state index is 0.280. The van der Waals surface area contributed by atoms with Crippen molar-refractivity contribution in [3.8, 4) is 5.75 Å². The average molecular weight is 269 g/mol. The van der Waals surface area contributed by atoms with E-state index in [1.165, 1.54) is 12.8 Å². The maximum absolute atomic E-state index is 10.6. The van der Waals surface area contributed by atoms with E-state index in [2.05, 4.69) is 30.9 Å². The Morgan fingerprint density at radius 3 is 2.80 bits per heavy atom. The predicted molar refractivity (Wildman–Crippen MR) is 84.0 cm³/mol. The van der Waals surface area contributed by atoms with Crippen molar-refractivity contribution < 1.29 is 5.11 Å². The van der Waals surface area contributed by atoms with Gasteiger partial charge in [-0.15, -0.1) is 0 Å². The van der Waals surface area contributed by atoms with Crippen molar-refractivity contribution in [1.29, 1.82) is 0 Å². The number of phenols is 1. The second kappa shape index (κ2) is 5.45. The van der Waals surface area contributed by atoms with E-state index in [0.29, 0.717) is 5.75 Å².